The van der Waals surface area contributed by atoms with E-state index in [0.29, 0.717) is 23.3 Å². The van der Waals surface area contributed by atoms with Crippen LogP contribution in [0.25, 0.3) is 0 Å². The largest absolute Gasteiger partial charge is 0.326 e. The molecule has 2 bridgehead atoms. The third kappa shape index (κ3) is 2.05. The molecule has 0 aromatic heterocycles. The molecule has 4 rings (SSSR count). The Labute approximate surface area is 126 Å². The van der Waals surface area contributed by atoms with Gasteiger partial charge in [0.1, 0.15) is 0 Å². The van der Waals surface area contributed by atoms with Crippen LogP contribution in [-0.4, -0.2) is 14.5 Å². The minimum absolute atomic E-state index is 0.184. The van der Waals surface area contributed by atoms with Crippen molar-refractivity contribution in [2.75, 3.05) is 0 Å². The predicted molar refractivity (Wildman–Crippen MR) is 81.0 cm³/mol. The molecule has 5 heteroatoms. The molecule has 114 valence electrons. The maximum Gasteiger partial charge on any atom is 0.240 e. The number of benzene rings is 1. The Morgan fingerprint density at radius 3 is 2.52 bits per heavy atom. The molecule has 0 amide bonds. The summed E-state index contributed by atoms with van der Waals surface area (Å²) in [5.41, 5.74) is 7.62. The van der Waals surface area contributed by atoms with E-state index in [1.807, 2.05) is 13.0 Å². The van der Waals surface area contributed by atoms with E-state index in [1.54, 1.807) is 12.1 Å². The lowest BCUT2D eigenvalue weighted by atomic mass is 10.0. The van der Waals surface area contributed by atoms with E-state index >= 15 is 0 Å². The Bertz CT molecular complexity index is 670. The van der Waals surface area contributed by atoms with Crippen LogP contribution in [0.3, 0.4) is 0 Å². The molecule has 3 aliphatic carbocycles. The fourth-order valence-corrected chi connectivity index (χ4v) is 6.12. The molecule has 0 heterocycles. The summed E-state index contributed by atoms with van der Waals surface area (Å²) in [5, 5.41) is 0. The summed E-state index contributed by atoms with van der Waals surface area (Å²) in [6.07, 6.45) is 3.92. The molecule has 3 N–H and O–H groups in total. The number of fused-ring (bicyclic) bond motifs is 5. The first-order valence-electron chi connectivity index (χ1n) is 7.83. The summed E-state index contributed by atoms with van der Waals surface area (Å²) in [6.45, 7) is 2.32. The summed E-state index contributed by atoms with van der Waals surface area (Å²) in [5.74, 6) is 2.76. The standard InChI is InChI=1S/C16H22N2O2S/c1-9-2-5-13(7-12(9)8-17)21(19,20)18-16-14-10-3-4-11(6-10)15(14)16/h2,5,7,10-11,14-16,18H,3-4,6,8,17H2,1H3. The van der Waals surface area contributed by atoms with E-state index in [9.17, 15) is 8.42 Å². The number of hydrogen-bond acceptors (Lipinski definition) is 3. The van der Waals surface area contributed by atoms with E-state index in [-0.39, 0.29) is 6.04 Å². The SMILES string of the molecule is Cc1ccc(S(=O)(=O)NC2C3C4CCC(C4)C23)cc1CN. The topological polar surface area (TPSA) is 72.2 Å². The summed E-state index contributed by atoms with van der Waals surface area (Å²) in [4.78, 5) is 0.353. The highest BCUT2D eigenvalue weighted by atomic mass is 32.2. The summed E-state index contributed by atoms with van der Waals surface area (Å²) < 4.78 is 28.1. The Morgan fingerprint density at radius 2 is 1.90 bits per heavy atom. The lowest BCUT2D eigenvalue weighted by Crippen LogP contribution is -2.30. The minimum Gasteiger partial charge on any atom is -0.326 e. The van der Waals surface area contributed by atoms with Gasteiger partial charge < -0.3 is 5.73 Å². The van der Waals surface area contributed by atoms with Gasteiger partial charge in [-0.1, -0.05) is 6.07 Å². The first-order valence-corrected chi connectivity index (χ1v) is 9.31. The lowest BCUT2D eigenvalue weighted by Gasteiger charge is -2.12. The van der Waals surface area contributed by atoms with E-state index in [4.69, 9.17) is 5.73 Å². The van der Waals surface area contributed by atoms with Gasteiger partial charge in [-0.15, -0.1) is 0 Å². The number of nitrogens with one attached hydrogen (secondary N) is 1. The monoisotopic (exact) mass is 306 g/mol. The van der Waals surface area contributed by atoms with Crippen LogP contribution in [0.15, 0.2) is 23.1 Å². The normalized spacial score (nSPS) is 36.8. The van der Waals surface area contributed by atoms with Gasteiger partial charge in [0.2, 0.25) is 10.0 Å². The van der Waals surface area contributed by atoms with Gasteiger partial charge in [-0.25, -0.2) is 13.1 Å². The van der Waals surface area contributed by atoms with Gasteiger partial charge in [0.25, 0.3) is 0 Å². The zero-order valence-corrected chi connectivity index (χ0v) is 13.1. The molecule has 0 spiro atoms. The second kappa shape index (κ2) is 4.54. The van der Waals surface area contributed by atoms with Gasteiger partial charge >= 0.3 is 0 Å². The van der Waals surface area contributed by atoms with Crippen LogP contribution in [0.4, 0.5) is 0 Å². The average Bonchev–Trinajstić information content (AvgIpc) is 2.85. The van der Waals surface area contributed by atoms with Crippen molar-refractivity contribution in [1.29, 1.82) is 0 Å². The Kier molecular flexibility index (Phi) is 2.97. The van der Waals surface area contributed by atoms with Crippen molar-refractivity contribution in [2.24, 2.45) is 29.4 Å². The summed E-state index contributed by atoms with van der Waals surface area (Å²) in [7, 11) is -3.41. The van der Waals surface area contributed by atoms with E-state index < -0.39 is 10.0 Å². The molecule has 21 heavy (non-hydrogen) atoms. The van der Waals surface area contributed by atoms with Crippen LogP contribution in [-0.2, 0) is 16.6 Å². The number of sulfonamides is 1. The Balaban J connectivity index is 1.55. The van der Waals surface area contributed by atoms with Crippen LogP contribution >= 0.6 is 0 Å². The summed E-state index contributed by atoms with van der Waals surface area (Å²) >= 11 is 0. The number of rotatable bonds is 4. The van der Waals surface area contributed by atoms with E-state index in [2.05, 4.69) is 4.72 Å². The molecule has 0 saturated heterocycles. The van der Waals surface area contributed by atoms with Gasteiger partial charge in [0, 0.05) is 12.6 Å². The van der Waals surface area contributed by atoms with Crippen LogP contribution < -0.4 is 10.5 Å². The molecule has 0 radical (unpaired) electrons. The third-order valence-corrected chi connectivity index (χ3v) is 7.33. The van der Waals surface area contributed by atoms with Gasteiger partial charge in [0.15, 0.2) is 0 Å². The molecule has 3 saturated carbocycles. The maximum atomic E-state index is 12.6. The smallest absolute Gasteiger partial charge is 0.240 e. The molecule has 3 aliphatic rings. The molecule has 4 atom stereocenters. The first kappa shape index (κ1) is 13.7. The van der Waals surface area contributed by atoms with Crippen molar-refractivity contribution < 1.29 is 8.42 Å². The highest BCUT2D eigenvalue weighted by Crippen LogP contribution is 2.65. The molecule has 0 aliphatic heterocycles. The lowest BCUT2D eigenvalue weighted by molar-refractivity contribution is 0.456. The van der Waals surface area contributed by atoms with Crippen molar-refractivity contribution >= 4 is 10.0 Å². The van der Waals surface area contributed by atoms with Crippen LogP contribution in [0.1, 0.15) is 30.4 Å². The number of aryl methyl sites for hydroxylation is 1. The maximum absolute atomic E-state index is 12.6. The molecule has 4 nitrogen and oxygen atoms in total. The Morgan fingerprint density at radius 1 is 1.24 bits per heavy atom. The number of hydrogen-bond donors (Lipinski definition) is 2. The van der Waals surface area contributed by atoms with Crippen LogP contribution in [0.5, 0.6) is 0 Å². The summed E-state index contributed by atoms with van der Waals surface area (Å²) in [6, 6.07) is 5.42. The highest BCUT2D eigenvalue weighted by molar-refractivity contribution is 7.89. The van der Waals surface area contributed by atoms with Crippen molar-refractivity contribution in [3.8, 4) is 0 Å². The number of nitrogens with two attached hydrogens (primary N) is 1. The Hall–Kier alpha value is -0.910. The van der Waals surface area contributed by atoms with Gasteiger partial charge in [0.05, 0.1) is 4.90 Å². The minimum atomic E-state index is -3.41. The van der Waals surface area contributed by atoms with E-state index in [1.165, 1.54) is 19.3 Å². The zero-order valence-electron chi connectivity index (χ0n) is 12.2. The van der Waals surface area contributed by atoms with Crippen LogP contribution in [0.2, 0.25) is 0 Å². The van der Waals surface area contributed by atoms with Gasteiger partial charge in [-0.3, -0.25) is 0 Å². The fraction of sp³-hybridized carbons (Fsp3) is 0.625. The fourth-order valence-electron chi connectivity index (χ4n) is 4.77. The molecular formula is C16H22N2O2S. The second-order valence-electron chi connectivity index (χ2n) is 6.93. The molecule has 3 fully saturated rings. The zero-order chi connectivity index (χ0) is 14.8. The molecular weight excluding hydrogens is 284 g/mol. The quantitative estimate of drug-likeness (QED) is 0.890. The van der Waals surface area contributed by atoms with Gasteiger partial charge in [-0.05, 0) is 73.1 Å². The van der Waals surface area contributed by atoms with Gasteiger partial charge in [-0.2, -0.15) is 0 Å². The molecule has 4 unspecified atom stereocenters. The van der Waals surface area contributed by atoms with Crippen molar-refractivity contribution in [2.45, 2.75) is 43.7 Å². The molecule has 1 aromatic carbocycles. The van der Waals surface area contributed by atoms with E-state index in [0.717, 1.165) is 23.0 Å². The first-order chi connectivity index (χ1) is 10.0. The van der Waals surface area contributed by atoms with Crippen molar-refractivity contribution in [3.63, 3.8) is 0 Å². The van der Waals surface area contributed by atoms with Crippen molar-refractivity contribution in [3.05, 3.63) is 29.3 Å². The average molecular weight is 306 g/mol. The third-order valence-electron chi connectivity index (χ3n) is 5.88. The predicted octanol–water partition coefficient (Wildman–Crippen LogP) is 1.78. The van der Waals surface area contributed by atoms with Crippen LogP contribution in [0, 0.1) is 30.6 Å². The molecule has 1 aromatic rings. The highest BCUT2D eigenvalue weighted by Gasteiger charge is 2.65. The van der Waals surface area contributed by atoms with Crippen molar-refractivity contribution in [1.82, 2.24) is 4.72 Å². The second-order valence-corrected chi connectivity index (χ2v) is 8.64.